The van der Waals surface area contributed by atoms with Gasteiger partial charge in [0.05, 0.1) is 14.2 Å². The number of carbonyl (C=O) groups is 2. The molecule has 224 valence electrons. The Kier molecular flexibility index (Phi) is 8.86. The zero-order valence-electron chi connectivity index (χ0n) is 24.5. The van der Waals surface area contributed by atoms with Gasteiger partial charge in [-0.05, 0) is 53.6 Å². The fourth-order valence-corrected chi connectivity index (χ4v) is 5.49. The van der Waals surface area contributed by atoms with Gasteiger partial charge in [-0.1, -0.05) is 19.6 Å². The molecule has 0 spiro atoms. The van der Waals surface area contributed by atoms with Crippen LogP contribution < -0.4 is 19.7 Å². The van der Waals surface area contributed by atoms with E-state index in [1.165, 1.54) is 20.3 Å². The summed E-state index contributed by atoms with van der Waals surface area (Å²) in [4.78, 5) is 34.9. The molecule has 2 aromatic carbocycles. The third-order valence-corrected chi connectivity index (χ3v) is 7.98. The number of fused-ring (bicyclic) bond motifs is 1. The molecule has 2 aliphatic rings. The van der Waals surface area contributed by atoms with Crippen LogP contribution in [0.15, 0.2) is 54.8 Å². The Bertz CT molecular complexity index is 1580. The number of piperazine rings is 1. The number of ether oxygens (including phenoxy) is 2. The number of nitrogens with one attached hydrogen (secondary N) is 1. The van der Waals surface area contributed by atoms with Gasteiger partial charge in [-0.2, -0.15) is 0 Å². The van der Waals surface area contributed by atoms with E-state index in [2.05, 4.69) is 39.7 Å². The first-order valence-corrected chi connectivity index (χ1v) is 14.1. The van der Waals surface area contributed by atoms with Gasteiger partial charge in [-0.15, -0.1) is 0 Å². The number of methoxy groups -OCH3 is 2. The van der Waals surface area contributed by atoms with E-state index in [0.717, 1.165) is 61.2 Å². The molecule has 43 heavy (non-hydrogen) atoms. The Morgan fingerprint density at radius 2 is 1.74 bits per heavy atom. The molecular formula is C33H34F2N4O4. The van der Waals surface area contributed by atoms with Crippen molar-refractivity contribution in [2.24, 2.45) is 0 Å². The minimum Gasteiger partial charge on any atom is -0.494 e. The van der Waals surface area contributed by atoms with Gasteiger partial charge in [0.2, 0.25) is 5.91 Å². The fraction of sp³-hybridized carbons (Fsp3) is 0.303. The van der Waals surface area contributed by atoms with Crippen LogP contribution in [-0.4, -0.2) is 68.5 Å². The number of rotatable bonds is 10. The average Bonchev–Trinajstić information content (AvgIpc) is 3.45. The summed E-state index contributed by atoms with van der Waals surface area (Å²) < 4.78 is 40.0. The molecule has 1 aromatic heterocycles. The van der Waals surface area contributed by atoms with Gasteiger partial charge in [0.1, 0.15) is 5.56 Å². The van der Waals surface area contributed by atoms with Crippen molar-refractivity contribution in [3.05, 3.63) is 94.3 Å². The van der Waals surface area contributed by atoms with E-state index >= 15 is 8.78 Å². The van der Waals surface area contributed by atoms with E-state index in [1.807, 2.05) is 18.2 Å². The van der Waals surface area contributed by atoms with Crippen LogP contribution in [0.1, 0.15) is 39.7 Å². The molecule has 0 unspecified atom stereocenters. The molecule has 2 heterocycles. The topological polar surface area (TPSA) is 84.0 Å². The minimum absolute atomic E-state index is 0.181. The maximum Gasteiger partial charge on any atom is 0.247 e. The fourth-order valence-electron chi connectivity index (χ4n) is 5.49. The van der Waals surface area contributed by atoms with Crippen molar-refractivity contribution in [1.82, 2.24) is 9.88 Å². The Morgan fingerprint density at radius 3 is 2.37 bits per heavy atom. The van der Waals surface area contributed by atoms with Crippen molar-refractivity contribution >= 4 is 29.1 Å². The molecule has 3 aromatic rings. The molecule has 1 fully saturated rings. The lowest BCUT2D eigenvalue weighted by molar-refractivity contribution is -0.111. The maximum absolute atomic E-state index is 15.0. The molecule has 1 aliphatic carbocycles. The number of nitrogens with zero attached hydrogens (tertiary/aromatic N) is 3. The number of halogens is 2. The zero-order valence-corrected chi connectivity index (χ0v) is 24.5. The number of hydrogen-bond acceptors (Lipinski definition) is 7. The molecule has 1 N–H and O–H groups in total. The van der Waals surface area contributed by atoms with E-state index in [1.54, 1.807) is 12.3 Å². The molecule has 1 aliphatic heterocycles. The third kappa shape index (κ3) is 6.15. The highest BCUT2D eigenvalue weighted by atomic mass is 19.1. The minimum atomic E-state index is -1.08. The molecule has 0 bridgehead atoms. The van der Waals surface area contributed by atoms with Crippen LogP contribution in [-0.2, 0) is 17.6 Å². The van der Waals surface area contributed by atoms with Crippen molar-refractivity contribution in [2.75, 3.05) is 57.2 Å². The summed E-state index contributed by atoms with van der Waals surface area (Å²) in [6.45, 7) is 10.5. The average molecular weight is 589 g/mol. The lowest BCUT2D eigenvalue weighted by Crippen LogP contribution is -2.46. The smallest absolute Gasteiger partial charge is 0.247 e. The number of aromatic nitrogens is 1. The van der Waals surface area contributed by atoms with Crippen LogP contribution >= 0.6 is 0 Å². The number of Topliss-reactive ketones (excluding diaryl/α,β-unsaturated/α-hetero) is 1. The van der Waals surface area contributed by atoms with Crippen molar-refractivity contribution < 1.29 is 27.8 Å². The molecule has 8 nitrogen and oxygen atoms in total. The molecule has 0 radical (unpaired) electrons. The van der Waals surface area contributed by atoms with Crippen LogP contribution in [0.5, 0.6) is 11.5 Å². The van der Waals surface area contributed by atoms with E-state index in [-0.39, 0.29) is 29.4 Å². The molecule has 1 amide bonds. The molecule has 0 atom stereocenters. The molecule has 5 rings (SSSR count). The van der Waals surface area contributed by atoms with Crippen molar-refractivity contribution in [2.45, 2.75) is 19.8 Å². The van der Waals surface area contributed by atoms with Gasteiger partial charge in [0, 0.05) is 73.9 Å². The Morgan fingerprint density at radius 1 is 1.05 bits per heavy atom. The SMILES string of the molecule is C=CC(=O)Nc1cc(N2CCN(CC)CC2)ccc1Cc1cc2c(cn1)CC(C(=O)c1c(F)c(OC)cc(OC)c1F)=C2. The predicted octanol–water partition coefficient (Wildman–Crippen LogP) is 5.06. The van der Waals surface area contributed by atoms with Crippen LogP contribution in [0, 0.1) is 11.6 Å². The van der Waals surface area contributed by atoms with Gasteiger partial charge in [-0.3, -0.25) is 14.6 Å². The summed E-state index contributed by atoms with van der Waals surface area (Å²) in [5, 5.41) is 2.93. The maximum atomic E-state index is 15.0. The standard InChI is InChI=1S/C33H34F2N4O4/c1-5-29(40)37-26-17-25(39-11-9-38(6-2)10-12-39)8-7-20(26)15-24-16-21-13-22(14-23(21)19-36-24)33(41)30-31(34)27(42-3)18-28(43-4)32(30)35/h5,7-8,13,16-19H,1,6,9-12,14-15H2,2-4H3,(H,37,40). The summed E-state index contributed by atoms with van der Waals surface area (Å²) in [5.41, 5.74) is 4.30. The second kappa shape index (κ2) is 12.7. The number of likely N-dealkylation sites (N-methyl/N-ethyl adjacent to an activating group) is 1. The van der Waals surface area contributed by atoms with Crippen molar-refractivity contribution in [1.29, 1.82) is 0 Å². The quantitative estimate of drug-likeness (QED) is 0.262. The van der Waals surface area contributed by atoms with Crippen molar-refractivity contribution in [3.8, 4) is 11.5 Å². The number of amides is 1. The highest BCUT2D eigenvalue weighted by Crippen LogP contribution is 2.35. The van der Waals surface area contributed by atoms with Gasteiger partial charge < -0.3 is 24.6 Å². The number of ketones is 1. The van der Waals surface area contributed by atoms with Gasteiger partial charge in [0.15, 0.2) is 28.9 Å². The van der Waals surface area contributed by atoms with Crippen LogP contribution in [0.4, 0.5) is 20.2 Å². The van der Waals surface area contributed by atoms with Crippen LogP contribution in [0.2, 0.25) is 0 Å². The van der Waals surface area contributed by atoms with Crippen molar-refractivity contribution in [3.63, 3.8) is 0 Å². The largest absolute Gasteiger partial charge is 0.494 e. The molecule has 10 heteroatoms. The second-order valence-corrected chi connectivity index (χ2v) is 10.5. The Balaban J connectivity index is 1.40. The molecular weight excluding hydrogens is 554 g/mol. The number of anilines is 2. The summed E-state index contributed by atoms with van der Waals surface area (Å²) >= 11 is 0. The first-order chi connectivity index (χ1) is 20.8. The predicted molar refractivity (Wildman–Crippen MR) is 162 cm³/mol. The van der Waals surface area contributed by atoms with E-state index in [0.29, 0.717) is 17.8 Å². The number of benzene rings is 2. The Hall–Kier alpha value is -4.57. The van der Waals surface area contributed by atoms with Crippen LogP contribution in [0.3, 0.4) is 0 Å². The normalized spacial score (nSPS) is 14.6. The number of carbonyl (C=O) groups excluding carboxylic acids is 2. The second-order valence-electron chi connectivity index (χ2n) is 10.5. The summed E-state index contributed by atoms with van der Waals surface area (Å²) in [6.07, 6.45) is 5.13. The third-order valence-electron chi connectivity index (χ3n) is 7.98. The summed E-state index contributed by atoms with van der Waals surface area (Å²) in [7, 11) is 2.47. The number of hydrogen-bond donors (Lipinski definition) is 1. The highest BCUT2D eigenvalue weighted by molar-refractivity contribution is 6.13. The van der Waals surface area contributed by atoms with Gasteiger partial charge in [-0.25, -0.2) is 8.78 Å². The highest BCUT2D eigenvalue weighted by Gasteiger charge is 2.30. The summed E-state index contributed by atoms with van der Waals surface area (Å²) in [5.74, 6) is -3.81. The number of allylic oxidation sites excluding steroid dienone is 1. The number of pyridine rings is 1. The molecule has 0 saturated carbocycles. The molecule has 1 saturated heterocycles. The lowest BCUT2D eigenvalue weighted by atomic mass is 10.00. The van der Waals surface area contributed by atoms with Gasteiger partial charge >= 0.3 is 0 Å². The summed E-state index contributed by atoms with van der Waals surface area (Å²) in [6, 6.07) is 8.94. The lowest BCUT2D eigenvalue weighted by Gasteiger charge is -2.35. The van der Waals surface area contributed by atoms with E-state index in [4.69, 9.17) is 9.47 Å². The van der Waals surface area contributed by atoms with Crippen LogP contribution in [0.25, 0.3) is 6.08 Å². The zero-order chi connectivity index (χ0) is 30.7. The monoisotopic (exact) mass is 588 g/mol. The first-order valence-electron chi connectivity index (χ1n) is 14.1. The van der Waals surface area contributed by atoms with Gasteiger partial charge in [0.25, 0.3) is 0 Å². The Labute approximate surface area is 249 Å². The van der Waals surface area contributed by atoms with E-state index < -0.39 is 23.0 Å². The first kappa shape index (κ1) is 29.9. The van der Waals surface area contributed by atoms with E-state index in [9.17, 15) is 9.59 Å².